The van der Waals surface area contributed by atoms with Gasteiger partial charge in [-0.05, 0) is 50.6 Å². The van der Waals surface area contributed by atoms with E-state index < -0.39 is 11.7 Å². The third-order valence-corrected chi connectivity index (χ3v) is 6.18. The average Bonchev–Trinajstić information content (AvgIpc) is 3.11. The molecule has 0 bridgehead atoms. The summed E-state index contributed by atoms with van der Waals surface area (Å²) < 4.78 is 5.27. The summed E-state index contributed by atoms with van der Waals surface area (Å²) >= 11 is 8.06. The van der Waals surface area contributed by atoms with E-state index in [4.69, 9.17) is 26.3 Å². The van der Waals surface area contributed by atoms with Crippen LogP contribution in [0.3, 0.4) is 0 Å². The molecule has 34 heavy (non-hydrogen) atoms. The largest absolute Gasteiger partial charge is 0.444 e. The molecule has 0 saturated carbocycles. The first-order valence-corrected chi connectivity index (χ1v) is 12.2. The van der Waals surface area contributed by atoms with Crippen LogP contribution in [0.4, 0.5) is 10.6 Å². The molecule has 1 aliphatic carbocycles. The zero-order valence-corrected chi connectivity index (χ0v) is 21.0. The van der Waals surface area contributed by atoms with Crippen molar-refractivity contribution in [3.63, 3.8) is 0 Å². The van der Waals surface area contributed by atoms with Gasteiger partial charge >= 0.3 is 6.09 Å². The fourth-order valence-corrected chi connectivity index (χ4v) is 4.59. The number of pyridine rings is 1. The summed E-state index contributed by atoms with van der Waals surface area (Å²) in [5.74, 6) is 0.639. The van der Waals surface area contributed by atoms with Gasteiger partial charge in [-0.1, -0.05) is 18.5 Å². The number of amides is 1. The number of fused-ring (bicyclic) bond motifs is 2. The second kappa shape index (κ2) is 10.1. The van der Waals surface area contributed by atoms with Crippen LogP contribution in [-0.4, -0.2) is 49.7 Å². The maximum Gasteiger partial charge on any atom is 0.407 e. The molecule has 1 aliphatic rings. The lowest BCUT2D eigenvalue weighted by Crippen LogP contribution is -2.35. The number of hydrogen-bond donors (Lipinski definition) is 2. The number of anilines is 1. The minimum Gasteiger partial charge on any atom is -0.444 e. The van der Waals surface area contributed by atoms with Crippen molar-refractivity contribution in [2.45, 2.75) is 56.2 Å². The van der Waals surface area contributed by atoms with Crippen LogP contribution in [0, 0.1) is 0 Å². The molecular formula is C23H26ClN7O2S. The number of carbonyl (C=O) groups excluding carboxylic acids is 1. The van der Waals surface area contributed by atoms with E-state index in [9.17, 15) is 4.79 Å². The smallest absolute Gasteiger partial charge is 0.407 e. The van der Waals surface area contributed by atoms with Crippen molar-refractivity contribution in [1.29, 1.82) is 0 Å². The van der Waals surface area contributed by atoms with Crippen LogP contribution in [0.15, 0.2) is 40.3 Å². The molecule has 0 fully saturated rings. The molecule has 0 aliphatic heterocycles. The van der Waals surface area contributed by atoms with Crippen LogP contribution >= 0.6 is 23.4 Å². The highest BCUT2D eigenvalue weighted by Gasteiger charge is 2.26. The van der Waals surface area contributed by atoms with Gasteiger partial charge in [0, 0.05) is 43.0 Å². The van der Waals surface area contributed by atoms with Crippen LogP contribution in [0.5, 0.6) is 0 Å². The minimum atomic E-state index is -0.546. The van der Waals surface area contributed by atoms with Crippen LogP contribution in [-0.2, 0) is 11.2 Å². The van der Waals surface area contributed by atoms with Gasteiger partial charge in [0.05, 0.1) is 16.3 Å². The quantitative estimate of drug-likeness (QED) is 0.348. The van der Waals surface area contributed by atoms with E-state index >= 15 is 0 Å². The molecule has 3 aromatic heterocycles. The molecule has 9 nitrogen and oxygen atoms in total. The fraction of sp³-hybridized carbons (Fsp3) is 0.391. The van der Waals surface area contributed by atoms with E-state index in [1.807, 2.05) is 26.8 Å². The van der Waals surface area contributed by atoms with Crippen molar-refractivity contribution >= 4 is 51.5 Å². The highest BCUT2D eigenvalue weighted by Crippen LogP contribution is 2.41. The standard InChI is InChI=1S/C23H26ClN7O2S/c1-5-13-10-15-17(18(13)24)20(27-8-9-28-22(32)33-23(2,3)4)31-21(30-15)34-14-11-16-19(29-12-14)26-7-6-25-16/h6-7,11-12H,5,8-10H2,1-4H3,(H,28,32)(H,27,30,31). The molecule has 178 valence electrons. The Hall–Kier alpha value is -2.98. The van der Waals surface area contributed by atoms with E-state index in [0.717, 1.165) is 28.1 Å². The van der Waals surface area contributed by atoms with Gasteiger partial charge in [0.2, 0.25) is 0 Å². The zero-order chi connectivity index (χ0) is 24.3. The van der Waals surface area contributed by atoms with Crippen LogP contribution in [0.1, 0.15) is 45.4 Å². The summed E-state index contributed by atoms with van der Waals surface area (Å²) in [6.07, 6.45) is 6.05. The van der Waals surface area contributed by atoms with Crippen molar-refractivity contribution in [3.8, 4) is 0 Å². The number of ether oxygens (including phenoxy) is 1. The van der Waals surface area contributed by atoms with E-state index in [0.29, 0.717) is 46.7 Å². The van der Waals surface area contributed by atoms with E-state index in [-0.39, 0.29) is 0 Å². The Balaban J connectivity index is 1.52. The van der Waals surface area contributed by atoms with Gasteiger partial charge in [-0.15, -0.1) is 0 Å². The molecule has 11 heteroatoms. The Morgan fingerprint density at radius 2 is 1.97 bits per heavy atom. The van der Waals surface area contributed by atoms with Crippen molar-refractivity contribution in [2.24, 2.45) is 0 Å². The Morgan fingerprint density at radius 1 is 1.18 bits per heavy atom. The predicted molar refractivity (Wildman–Crippen MR) is 133 cm³/mol. The number of hydrogen-bond acceptors (Lipinski definition) is 9. The van der Waals surface area contributed by atoms with Gasteiger partial charge in [0.25, 0.3) is 0 Å². The number of nitrogens with one attached hydrogen (secondary N) is 2. The van der Waals surface area contributed by atoms with Gasteiger partial charge in [-0.2, -0.15) is 0 Å². The molecule has 3 aromatic rings. The van der Waals surface area contributed by atoms with Crippen molar-refractivity contribution in [3.05, 3.63) is 41.5 Å². The minimum absolute atomic E-state index is 0.366. The molecule has 4 rings (SSSR count). The van der Waals surface area contributed by atoms with Crippen molar-refractivity contribution in [1.82, 2.24) is 30.2 Å². The number of alkyl carbamates (subject to hydrolysis) is 1. The van der Waals surface area contributed by atoms with Crippen LogP contribution < -0.4 is 10.6 Å². The summed E-state index contributed by atoms with van der Waals surface area (Å²) in [7, 11) is 0. The lowest BCUT2D eigenvalue weighted by atomic mass is 10.2. The number of allylic oxidation sites excluding steroid dienone is 1. The van der Waals surface area contributed by atoms with E-state index in [1.165, 1.54) is 11.8 Å². The summed E-state index contributed by atoms with van der Waals surface area (Å²) in [5.41, 5.74) is 3.59. The molecule has 2 N–H and O–H groups in total. The first-order valence-electron chi connectivity index (χ1n) is 11.0. The molecule has 0 atom stereocenters. The molecular weight excluding hydrogens is 474 g/mol. The first-order chi connectivity index (χ1) is 16.2. The molecule has 0 unspecified atom stereocenters. The topological polar surface area (TPSA) is 115 Å². The number of aromatic nitrogens is 5. The van der Waals surface area contributed by atoms with Gasteiger partial charge < -0.3 is 15.4 Å². The highest BCUT2D eigenvalue weighted by atomic mass is 35.5. The van der Waals surface area contributed by atoms with Gasteiger partial charge in [-0.25, -0.2) is 24.7 Å². The summed E-state index contributed by atoms with van der Waals surface area (Å²) in [5, 5.41) is 7.32. The molecule has 1 amide bonds. The molecule has 3 heterocycles. The maximum absolute atomic E-state index is 11.9. The van der Waals surface area contributed by atoms with E-state index in [2.05, 4.69) is 32.5 Å². The summed E-state index contributed by atoms with van der Waals surface area (Å²) in [4.78, 5) is 35.2. The fourth-order valence-electron chi connectivity index (χ4n) is 3.41. The number of halogens is 1. The summed E-state index contributed by atoms with van der Waals surface area (Å²) in [6.45, 7) is 8.37. The lowest BCUT2D eigenvalue weighted by molar-refractivity contribution is 0.0530. The number of carbonyl (C=O) groups is 1. The maximum atomic E-state index is 11.9. The van der Waals surface area contributed by atoms with Crippen molar-refractivity contribution in [2.75, 3.05) is 18.4 Å². The normalized spacial score (nSPS) is 13.2. The third-order valence-electron chi connectivity index (χ3n) is 4.90. The Bertz CT molecular complexity index is 1260. The van der Waals surface area contributed by atoms with Crippen LogP contribution in [0.2, 0.25) is 0 Å². The van der Waals surface area contributed by atoms with E-state index in [1.54, 1.807) is 18.6 Å². The second-order valence-electron chi connectivity index (χ2n) is 8.65. The number of rotatable bonds is 7. The van der Waals surface area contributed by atoms with Crippen molar-refractivity contribution < 1.29 is 9.53 Å². The molecule has 0 aromatic carbocycles. The Kier molecular flexibility index (Phi) is 7.18. The monoisotopic (exact) mass is 499 g/mol. The molecule has 0 spiro atoms. The Morgan fingerprint density at radius 3 is 2.74 bits per heavy atom. The van der Waals surface area contributed by atoms with Gasteiger partial charge in [0.15, 0.2) is 10.8 Å². The Labute approximate surface area is 207 Å². The zero-order valence-electron chi connectivity index (χ0n) is 19.5. The number of nitrogens with zero attached hydrogens (tertiary/aromatic N) is 5. The summed E-state index contributed by atoms with van der Waals surface area (Å²) in [6, 6.07) is 1.91. The predicted octanol–water partition coefficient (Wildman–Crippen LogP) is 4.82. The average molecular weight is 500 g/mol. The second-order valence-corrected chi connectivity index (χ2v) is 10.1. The molecule has 0 radical (unpaired) electrons. The van der Waals surface area contributed by atoms with Gasteiger partial charge in [0.1, 0.15) is 16.9 Å². The molecule has 0 saturated heterocycles. The van der Waals surface area contributed by atoms with Crippen LogP contribution in [0.25, 0.3) is 16.2 Å². The van der Waals surface area contributed by atoms with Gasteiger partial charge in [-0.3, -0.25) is 4.98 Å². The highest BCUT2D eigenvalue weighted by molar-refractivity contribution is 7.99. The third kappa shape index (κ3) is 5.74. The lowest BCUT2D eigenvalue weighted by Gasteiger charge is -2.19. The first kappa shape index (κ1) is 24.2. The SMILES string of the molecule is CCC1=C(Cl)c2c(nc(Sc3cnc4nccnc4c3)nc2NCCNC(=O)OC(C)(C)C)C1.